The van der Waals surface area contributed by atoms with Gasteiger partial charge in [0.15, 0.2) is 0 Å². The van der Waals surface area contributed by atoms with E-state index in [-0.39, 0.29) is 16.4 Å². The zero-order valence-electron chi connectivity index (χ0n) is 21.1. The van der Waals surface area contributed by atoms with Crippen LogP contribution in [-0.4, -0.2) is 46.9 Å². The van der Waals surface area contributed by atoms with Gasteiger partial charge in [-0.25, -0.2) is 9.89 Å². The second-order valence-corrected chi connectivity index (χ2v) is 10.2. The van der Waals surface area contributed by atoms with Crippen molar-refractivity contribution in [1.29, 1.82) is 0 Å². The molecule has 1 fully saturated rings. The largest absolute Gasteiger partial charge is 0.389 e. The van der Waals surface area contributed by atoms with Crippen molar-refractivity contribution < 1.29 is 40.7 Å². The summed E-state index contributed by atoms with van der Waals surface area (Å²) in [6.45, 7) is 1.81. The zero-order chi connectivity index (χ0) is 29.4. The van der Waals surface area contributed by atoms with Crippen molar-refractivity contribution in [3.8, 4) is 0 Å². The molecule has 1 saturated heterocycles. The van der Waals surface area contributed by atoms with Gasteiger partial charge < -0.3 is 5.32 Å². The lowest BCUT2D eigenvalue weighted by molar-refractivity contribution is -0.147. The first-order chi connectivity index (χ1) is 18.7. The number of amides is 3. The maximum Gasteiger partial charge on any atom is 0.389 e. The topological polar surface area (TPSA) is 78.8 Å². The second kappa shape index (κ2) is 11.2. The van der Waals surface area contributed by atoms with Crippen LogP contribution in [0, 0.1) is 18.8 Å². The highest BCUT2D eigenvalue weighted by molar-refractivity contribution is 6.36. The molecule has 2 heterocycles. The molecule has 0 unspecified atom stereocenters. The van der Waals surface area contributed by atoms with Gasteiger partial charge in [0, 0.05) is 24.0 Å². The Kier molecular flexibility index (Phi) is 8.30. The highest BCUT2D eigenvalue weighted by atomic mass is 35.5. The lowest BCUT2D eigenvalue weighted by Crippen LogP contribution is -2.46. The fraction of sp³-hybridized carbons (Fsp3) is 0.407. The minimum absolute atomic E-state index is 0.138. The third kappa shape index (κ3) is 6.48. The predicted octanol–water partition coefficient (Wildman–Crippen LogP) is 6.44. The van der Waals surface area contributed by atoms with Crippen LogP contribution in [0.1, 0.15) is 48.8 Å². The van der Waals surface area contributed by atoms with Crippen molar-refractivity contribution in [3.05, 3.63) is 64.2 Å². The molecule has 2 aliphatic rings. The molecule has 0 bridgehead atoms. The van der Waals surface area contributed by atoms with Crippen molar-refractivity contribution in [2.24, 2.45) is 16.8 Å². The van der Waals surface area contributed by atoms with E-state index in [4.69, 9.17) is 11.6 Å². The van der Waals surface area contributed by atoms with Gasteiger partial charge in [0.25, 0.3) is 5.91 Å². The summed E-state index contributed by atoms with van der Waals surface area (Å²) in [6, 6.07) is 11.7. The molecule has 0 aromatic heterocycles. The Labute approximate surface area is 230 Å². The van der Waals surface area contributed by atoms with Gasteiger partial charge in [-0.15, -0.1) is 0 Å². The number of nitrogens with zero attached hydrogens (tertiary/aromatic N) is 2. The first-order valence-electron chi connectivity index (χ1n) is 12.4. The number of carbonyl (C=O) groups is 3. The first kappa shape index (κ1) is 29.6. The number of aliphatic imine (C=N–C) groups is 1. The molecule has 214 valence electrons. The molecule has 0 aliphatic carbocycles. The Morgan fingerprint density at radius 1 is 0.900 bits per heavy atom. The van der Waals surface area contributed by atoms with Crippen LogP contribution >= 0.6 is 11.6 Å². The number of likely N-dealkylation sites (tertiary alicyclic amines) is 1. The number of carbonyl (C=O) groups excluding carboxylic acids is 3. The number of para-hydroxylation sites is 1. The number of aryl methyl sites for hydroxylation is 1. The molecule has 2 aromatic rings. The molecule has 6 nitrogen and oxygen atoms in total. The van der Waals surface area contributed by atoms with E-state index in [9.17, 15) is 40.7 Å². The number of alkyl halides is 6. The summed E-state index contributed by atoms with van der Waals surface area (Å²) in [7, 11) is 0. The van der Waals surface area contributed by atoms with Crippen LogP contribution in [0.4, 0.5) is 32.0 Å². The van der Waals surface area contributed by atoms with Gasteiger partial charge in [0.1, 0.15) is 0 Å². The van der Waals surface area contributed by atoms with Crippen LogP contribution in [0.25, 0.3) is 0 Å². The normalized spacial score (nSPS) is 21.7. The van der Waals surface area contributed by atoms with Gasteiger partial charge in [0.05, 0.1) is 28.3 Å². The second-order valence-electron chi connectivity index (χ2n) is 9.79. The van der Waals surface area contributed by atoms with Crippen LogP contribution in [0.15, 0.2) is 47.5 Å². The van der Waals surface area contributed by atoms with Gasteiger partial charge in [-0.1, -0.05) is 47.5 Å². The lowest BCUT2D eigenvalue weighted by Gasteiger charge is -2.22. The van der Waals surface area contributed by atoms with Crippen molar-refractivity contribution >= 4 is 40.7 Å². The van der Waals surface area contributed by atoms with Crippen molar-refractivity contribution in [3.63, 3.8) is 0 Å². The van der Waals surface area contributed by atoms with Crippen LogP contribution in [-0.2, 0) is 14.4 Å². The SMILES string of the molecule is Cc1cccc(C2=N[C@@H](N3C(=O)[C@@H](CCCC(F)(F)F)[C@@H](CCC(F)(F)F)C3=O)C(=O)Nc3c(Cl)cccc32)c1. The number of anilines is 1. The van der Waals surface area contributed by atoms with Gasteiger partial charge in [-0.2, -0.15) is 26.3 Å². The van der Waals surface area contributed by atoms with E-state index < -0.39 is 80.2 Å². The molecule has 2 aliphatic heterocycles. The Morgan fingerprint density at radius 2 is 1.52 bits per heavy atom. The quantitative estimate of drug-likeness (QED) is 0.299. The van der Waals surface area contributed by atoms with E-state index in [0.717, 1.165) is 5.56 Å². The van der Waals surface area contributed by atoms with E-state index in [2.05, 4.69) is 10.3 Å². The number of fused-ring (bicyclic) bond motifs is 1. The third-order valence-corrected chi connectivity index (χ3v) is 7.16. The molecule has 4 rings (SSSR count). The van der Waals surface area contributed by atoms with Gasteiger partial charge >= 0.3 is 12.4 Å². The van der Waals surface area contributed by atoms with Gasteiger partial charge in [-0.05, 0) is 38.3 Å². The Hall–Kier alpha value is -3.41. The summed E-state index contributed by atoms with van der Waals surface area (Å²) >= 11 is 6.34. The molecule has 40 heavy (non-hydrogen) atoms. The van der Waals surface area contributed by atoms with Gasteiger partial charge in [0.2, 0.25) is 18.0 Å². The molecule has 0 radical (unpaired) electrons. The van der Waals surface area contributed by atoms with Crippen LogP contribution in [0.3, 0.4) is 0 Å². The smallest absolute Gasteiger partial charge is 0.321 e. The number of nitrogens with one attached hydrogen (secondary N) is 1. The van der Waals surface area contributed by atoms with E-state index in [1.807, 2.05) is 13.0 Å². The molecular formula is C27H24ClF6N3O3. The summed E-state index contributed by atoms with van der Waals surface area (Å²) in [5.74, 6) is -6.08. The first-order valence-corrected chi connectivity index (χ1v) is 12.8. The number of imide groups is 1. The molecule has 3 atom stereocenters. The fourth-order valence-electron chi connectivity index (χ4n) is 5.03. The maximum absolute atomic E-state index is 13.5. The number of hydrogen-bond acceptors (Lipinski definition) is 4. The van der Waals surface area contributed by atoms with E-state index >= 15 is 0 Å². The number of rotatable bonds is 7. The minimum atomic E-state index is -4.66. The van der Waals surface area contributed by atoms with Crippen molar-refractivity contribution in [2.75, 3.05) is 5.32 Å². The molecule has 13 heteroatoms. The summed E-state index contributed by atoms with van der Waals surface area (Å²) in [5, 5.41) is 2.70. The lowest BCUT2D eigenvalue weighted by atomic mass is 9.86. The fourth-order valence-corrected chi connectivity index (χ4v) is 5.25. The average molecular weight is 588 g/mol. The summed E-state index contributed by atoms with van der Waals surface area (Å²) in [5.41, 5.74) is 2.07. The predicted molar refractivity (Wildman–Crippen MR) is 135 cm³/mol. The Balaban J connectivity index is 1.77. The van der Waals surface area contributed by atoms with E-state index in [1.165, 1.54) is 6.07 Å². The summed E-state index contributed by atoms with van der Waals surface area (Å²) in [6.07, 6.45) is -15.6. The Bertz CT molecular complexity index is 1360. The van der Waals surface area contributed by atoms with E-state index in [1.54, 1.807) is 30.3 Å². The highest BCUT2D eigenvalue weighted by Gasteiger charge is 2.52. The zero-order valence-corrected chi connectivity index (χ0v) is 21.8. The average Bonchev–Trinajstić information content (AvgIpc) is 2.97. The van der Waals surface area contributed by atoms with Gasteiger partial charge in [-0.3, -0.25) is 14.4 Å². The van der Waals surface area contributed by atoms with Crippen molar-refractivity contribution in [2.45, 2.75) is 57.5 Å². The Morgan fingerprint density at radius 3 is 2.15 bits per heavy atom. The molecule has 2 aromatic carbocycles. The molecule has 0 spiro atoms. The minimum Gasteiger partial charge on any atom is -0.321 e. The standard InChI is InChI=1S/C27H24ClF6N3O3/c1-14-5-2-6-15(13-14)20-18-7-3-9-19(28)21(18)36-23(38)22(35-20)37-24(39)16(8-4-11-26(29,30)31)17(25(37)40)10-12-27(32,33)34/h2-3,5-7,9,13,16-17,22H,4,8,10-12H2,1H3,(H,36,38)/t16-,17+,22-/m0/s1. The molecular weight excluding hydrogens is 564 g/mol. The maximum atomic E-state index is 13.5. The summed E-state index contributed by atoms with van der Waals surface area (Å²) < 4.78 is 77.4. The van der Waals surface area contributed by atoms with Crippen molar-refractivity contribution in [1.82, 2.24) is 4.90 Å². The highest BCUT2D eigenvalue weighted by Crippen LogP contribution is 2.40. The van der Waals surface area contributed by atoms with Crippen LogP contribution in [0.2, 0.25) is 5.02 Å². The van der Waals surface area contributed by atoms with Crippen LogP contribution < -0.4 is 5.32 Å². The summed E-state index contributed by atoms with van der Waals surface area (Å²) in [4.78, 5) is 45.2. The molecule has 3 amide bonds. The van der Waals surface area contributed by atoms with Crippen LogP contribution in [0.5, 0.6) is 0 Å². The number of benzene rings is 2. The number of halogens is 7. The monoisotopic (exact) mass is 587 g/mol. The molecule has 0 saturated carbocycles. The van der Waals surface area contributed by atoms with E-state index in [0.29, 0.717) is 16.0 Å². The third-order valence-electron chi connectivity index (χ3n) is 6.85. The number of benzodiazepines with no additional fused rings is 1. The molecule has 1 N–H and O–H groups in total. The number of hydrogen-bond donors (Lipinski definition) is 1.